The molecule has 3 unspecified atom stereocenters. The summed E-state index contributed by atoms with van der Waals surface area (Å²) < 4.78 is 52.0. The summed E-state index contributed by atoms with van der Waals surface area (Å²) in [4.78, 5) is 37.7. The summed E-state index contributed by atoms with van der Waals surface area (Å²) in [5.74, 6) is -1.04. The van der Waals surface area contributed by atoms with E-state index in [-0.39, 0.29) is 54.0 Å². The van der Waals surface area contributed by atoms with Crippen molar-refractivity contribution in [2.24, 2.45) is 5.41 Å². The molecule has 2 heterocycles. The molecule has 0 amide bonds. The summed E-state index contributed by atoms with van der Waals surface area (Å²) in [6.45, 7) is 9.14. The number of ether oxygens (including phenoxy) is 1. The number of oxazole rings is 1. The SMILES string of the molecule is CCOC(=O)c1coc(N(Cc2cc(Cl)cc(C(F)(F)F)c2)C2CC(CC)N(OC(=O)C(C)(C)C)C(Cc3ccccc3)C2)n1. The second-order valence-electron chi connectivity index (χ2n) is 12.2. The Kier molecular flexibility index (Phi) is 10.9. The summed E-state index contributed by atoms with van der Waals surface area (Å²) in [7, 11) is 0. The Morgan fingerprint density at radius 3 is 2.36 bits per heavy atom. The third-order valence-corrected chi connectivity index (χ3v) is 7.91. The molecule has 0 saturated carbocycles. The molecular formula is C33H39ClF3N3O5. The minimum atomic E-state index is -4.60. The second-order valence-corrected chi connectivity index (χ2v) is 12.7. The molecule has 1 aliphatic rings. The van der Waals surface area contributed by atoms with Crippen molar-refractivity contribution in [3.63, 3.8) is 0 Å². The van der Waals surface area contributed by atoms with Crippen molar-refractivity contribution < 1.29 is 36.8 Å². The summed E-state index contributed by atoms with van der Waals surface area (Å²) in [5.41, 5.74) is -0.333. The standard InChI is InChI=1S/C33H39ClF3N3O5/c1-6-25-17-26(18-27(15-21-11-9-8-10-12-21)40(25)45-30(42)32(3,4)5)39(31-38-28(20-44-31)29(41)43-7-2)19-22-13-23(33(35,36)37)16-24(34)14-22/h8-14,16,20,25-27H,6-7,15,17-19H2,1-5H3. The van der Waals surface area contributed by atoms with Gasteiger partial charge in [-0.1, -0.05) is 48.9 Å². The highest BCUT2D eigenvalue weighted by Gasteiger charge is 2.42. The van der Waals surface area contributed by atoms with E-state index in [0.29, 0.717) is 31.2 Å². The molecule has 12 heteroatoms. The summed E-state index contributed by atoms with van der Waals surface area (Å²) in [6, 6.07) is 12.4. The van der Waals surface area contributed by atoms with Crippen molar-refractivity contribution >= 4 is 29.6 Å². The summed E-state index contributed by atoms with van der Waals surface area (Å²) in [5, 5.41) is 1.73. The normalized spacial score (nSPS) is 19.3. The van der Waals surface area contributed by atoms with Crippen LogP contribution in [-0.4, -0.2) is 46.7 Å². The Bertz CT molecular complexity index is 1460. The van der Waals surface area contributed by atoms with Crippen LogP contribution in [0.1, 0.15) is 81.1 Å². The maximum absolute atomic E-state index is 13.7. The molecule has 45 heavy (non-hydrogen) atoms. The molecular weight excluding hydrogens is 611 g/mol. The minimum Gasteiger partial charge on any atom is -0.461 e. The number of piperidine rings is 1. The number of hydrogen-bond acceptors (Lipinski definition) is 8. The van der Waals surface area contributed by atoms with Crippen LogP contribution >= 0.6 is 11.6 Å². The van der Waals surface area contributed by atoms with Crippen LogP contribution in [0.4, 0.5) is 19.2 Å². The number of benzene rings is 2. The monoisotopic (exact) mass is 649 g/mol. The second kappa shape index (κ2) is 14.2. The number of anilines is 1. The van der Waals surface area contributed by atoms with Gasteiger partial charge in [0, 0.05) is 23.7 Å². The Hall–Kier alpha value is -3.57. The lowest BCUT2D eigenvalue weighted by molar-refractivity contribution is -0.234. The van der Waals surface area contributed by atoms with Gasteiger partial charge in [-0.15, -0.1) is 5.06 Å². The van der Waals surface area contributed by atoms with E-state index in [4.69, 9.17) is 25.6 Å². The van der Waals surface area contributed by atoms with Gasteiger partial charge in [0.2, 0.25) is 0 Å². The molecule has 4 rings (SSSR count). The molecule has 1 aromatic heterocycles. The van der Waals surface area contributed by atoms with E-state index in [1.54, 1.807) is 37.7 Å². The topological polar surface area (TPSA) is 85.1 Å². The van der Waals surface area contributed by atoms with Crippen LogP contribution in [0.3, 0.4) is 0 Å². The molecule has 1 saturated heterocycles. The van der Waals surface area contributed by atoms with Gasteiger partial charge in [0.05, 0.1) is 23.6 Å². The molecule has 1 fully saturated rings. The number of rotatable bonds is 10. The third-order valence-electron chi connectivity index (χ3n) is 7.70. The quantitative estimate of drug-likeness (QED) is 0.205. The molecule has 0 spiro atoms. The number of esters is 1. The van der Waals surface area contributed by atoms with Crippen LogP contribution in [0, 0.1) is 5.41 Å². The summed E-state index contributed by atoms with van der Waals surface area (Å²) in [6.07, 6.45) is -1.31. The lowest BCUT2D eigenvalue weighted by Gasteiger charge is -2.46. The molecule has 0 radical (unpaired) electrons. The highest BCUT2D eigenvalue weighted by Crippen LogP contribution is 2.37. The molecule has 8 nitrogen and oxygen atoms in total. The van der Waals surface area contributed by atoms with Crippen LogP contribution in [0.2, 0.25) is 5.02 Å². The number of hydroxylamine groups is 2. The van der Waals surface area contributed by atoms with E-state index in [1.165, 1.54) is 12.3 Å². The Labute approximate surface area is 266 Å². The number of hydrogen-bond donors (Lipinski definition) is 0. The fraction of sp³-hybridized carbons (Fsp3) is 0.485. The van der Waals surface area contributed by atoms with Crippen LogP contribution in [-0.2, 0) is 33.5 Å². The first-order valence-corrected chi connectivity index (χ1v) is 15.4. The van der Waals surface area contributed by atoms with Crippen molar-refractivity contribution in [1.29, 1.82) is 0 Å². The molecule has 244 valence electrons. The smallest absolute Gasteiger partial charge is 0.416 e. The number of carbonyl (C=O) groups is 2. The maximum atomic E-state index is 13.7. The lowest BCUT2D eigenvalue weighted by atomic mass is 9.87. The number of aromatic nitrogens is 1. The van der Waals surface area contributed by atoms with E-state index < -0.39 is 23.1 Å². The molecule has 0 aliphatic carbocycles. The average molecular weight is 650 g/mol. The Morgan fingerprint density at radius 1 is 1.04 bits per heavy atom. The fourth-order valence-electron chi connectivity index (χ4n) is 5.42. The zero-order valence-corrected chi connectivity index (χ0v) is 26.8. The van der Waals surface area contributed by atoms with Crippen molar-refractivity contribution in [1.82, 2.24) is 10.0 Å². The van der Waals surface area contributed by atoms with Gasteiger partial charge in [0.15, 0.2) is 5.69 Å². The van der Waals surface area contributed by atoms with E-state index in [9.17, 15) is 22.8 Å². The largest absolute Gasteiger partial charge is 0.461 e. The van der Waals surface area contributed by atoms with Crippen LogP contribution in [0.15, 0.2) is 59.2 Å². The zero-order chi connectivity index (χ0) is 32.9. The Morgan fingerprint density at radius 2 is 1.73 bits per heavy atom. The molecule has 0 bridgehead atoms. The summed E-state index contributed by atoms with van der Waals surface area (Å²) >= 11 is 6.14. The molecule has 1 aliphatic heterocycles. The fourth-order valence-corrected chi connectivity index (χ4v) is 5.68. The van der Waals surface area contributed by atoms with Gasteiger partial charge in [-0.05, 0) is 82.7 Å². The van der Waals surface area contributed by atoms with Crippen molar-refractivity contribution in [3.8, 4) is 0 Å². The van der Waals surface area contributed by atoms with Crippen LogP contribution in [0.25, 0.3) is 0 Å². The van der Waals surface area contributed by atoms with Gasteiger partial charge in [0.1, 0.15) is 6.26 Å². The van der Waals surface area contributed by atoms with Crippen LogP contribution in [0.5, 0.6) is 0 Å². The van der Waals surface area contributed by atoms with E-state index in [0.717, 1.165) is 17.7 Å². The molecule has 3 aromatic rings. The minimum absolute atomic E-state index is 0.0344. The van der Waals surface area contributed by atoms with E-state index in [2.05, 4.69) is 4.98 Å². The first kappa shape index (κ1) is 34.3. The van der Waals surface area contributed by atoms with Gasteiger partial charge in [-0.25, -0.2) is 9.59 Å². The molecule has 2 aromatic carbocycles. The van der Waals surface area contributed by atoms with Gasteiger partial charge < -0.3 is 18.9 Å². The zero-order valence-electron chi connectivity index (χ0n) is 26.1. The van der Waals surface area contributed by atoms with E-state index >= 15 is 0 Å². The number of halogens is 4. The lowest BCUT2D eigenvalue weighted by Crippen LogP contribution is -2.56. The number of carbonyl (C=O) groups excluding carboxylic acids is 2. The van der Waals surface area contributed by atoms with E-state index in [1.807, 2.05) is 37.3 Å². The Balaban J connectivity index is 1.75. The van der Waals surface area contributed by atoms with Crippen molar-refractivity contribution in [3.05, 3.63) is 82.2 Å². The van der Waals surface area contributed by atoms with Crippen LogP contribution < -0.4 is 4.90 Å². The first-order valence-electron chi connectivity index (χ1n) is 15.0. The molecule has 3 atom stereocenters. The first-order chi connectivity index (χ1) is 21.2. The van der Waals surface area contributed by atoms with Gasteiger partial charge in [-0.3, -0.25) is 0 Å². The molecule has 0 N–H and O–H groups in total. The highest BCUT2D eigenvalue weighted by atomic mass is 35.5. The number of alkyl halides is 3. The predicted octanol–water partition coefficient (Wildman–Crippen LogP) is 7.89. The van der Waals surface area contributed by atoms with Gasteiger partial charge in [-0.2, -0.15) is 18.2 Å². The van der Waals surface area contributed by atoms with Crippen molar-refractivity contribution in [2.45, 2.75) is 91.1 Å². The van der Waals surface area contributed by atoms with Gasteiger partial charge >= 0.3 is 18.1 Å². The highest BCUT2D eigenvalue weighted by molar-refractivity contribution is 6.30. The number of nitrogens with zero attached hydrogens (tertiary/aromatic N) is 3. The third kappa shape index (κ3) is 8.79. The predicted molar refractivity (Wildman–Crippen MR) is 164 cm³/mol. The van der Waals surface area contributed by atoms with Crippen molar-refractivity contribution in [2.75, 3.05) is 11.5 Å². The maximum Gasteiger partial charge on any atom is 0.416 e. The average Bonchev–Trinajstić information content (AvgIpc) is 3.46. The van der Waals surface area contributed by atoms with Gasteiger partial charge in [0.25, 0.3) is 6.01 Å².